The second kappa shape index (κ2) is 16.9. The normalized spacial score (nSPS) is 13.1. The van der Waals surface area contributed by atoms with Crippen molar-refractivity contribution in [3.8, 4) is 0 Å². The Morgan fingerprint density at radius 1 is 1.00 bits per heavy atom. The molecule has 0 rings (SSSR count). The SMILES string of the molecule is [C-]#[N+]CCOP(OCCCCCCCNCC(=O)OC(C)(C)C)N(C(C)C)C(C)C. The van der Waals surface area contributed by atoms with E-state index in [4.69, 9.17) is 20.4 Å². The average molecular weight is 446 g/mol. The second-order valence-electron chi connectivity index (χ2n) is 8.88. The Labute approximate surface area is 186 Å². The second-order valence-corrected chi connectivity index (χ2v) is 10.3. The standard InChI is InChI=1S/C22H44N3O4P/c1-19(2)25(20(3)4)30(28-17-15-23-8)27-16-13-11-9-10-12-14-24-18-21(26)29-22(5,6)7/h19-20,24H,9-18H2,1-7H3. The van der Waals surface area contributed by atoms with Gasteiger partial charge in [-0.15, -0.1) is 0 Å². The third-order valence-corrected chi connectivity index (χ3v) is 6.15. The summed E-state index contributed by atoms with van der Waals surface area (Å²) in [5, 5.41) is 3.14. The summed E-state index contributed by atoms with van der Waals surface area (Å²) in [7, 11) is -1.13. The zero-order chi connectivity index (χ0) is 23.0. The Hall–Kier alpha value is -0.770. The van der Waals surface area contributed by atoms with Crippen molar-refractivity contribution < 1.29 is 18.6 Å². The van der Waals surface area contributed by atoms with Crippen molar-refractivity contribution in [3.05, 3.63) is 11.4 Å². The smallest absolute Gasteiger partial charge is 0.320 e. The first-order valence-electron chi connectivity index (χ1n) is 11.2. The lowest BCUT2D eigenvalue weighted by molar-refractivity contribution is -0.153. The number of nitrogens with one attached hydrogen (secondary N) is 1. The number of carbonyl (C=O) groups is 1. The van der Waals surface area contributed by atoms with Gasteiger partial charge in [0.25, 0.3) is 8.53 Å². The van der Waals surface area contributed by atoms with Gasteiger partial charge in [0, 0.05) is 12.1 Å². The minimum atomic E-state index is -1.13. The summed E-state index contributed by atoms with van der Waals surface area (Å²) in [5.74, 6) is -0.202. The summed E-state index contributed by atoms with van der Waals surface area (Å²) in [4.78, 5) is 15.0. The summed E-state index contributed by atoms with van der Waals surface area (Å²) >= 11 is 0. The lowest BCUT2D eigenvalue weighted by Crippen LogP contribution is -2.33. The highest BCUT2D eigenvalue weighted by atomic mass is 31.2. The highest BCUT2D eigenvalue weighted by Gasteiger charge is 2.27. The van der Waals surface area contributed by atoms with Crippen LogP contribution in [0, 0.1) is 6.57 Å². The van der Waals surface area contributed by atoms with Gasteiger partial charge < -0.3 is 23.9 Å². The largest absolute Gasteiger partial charge is 0.459 e. The van der Waals surface area contributed by atoms with Gasteiger partial charge in [-0.2, -0.15) is 0 Å². The van der Waals surface area contributed by atoms with Crippen molar-refractivity contribution in [1.82, 2.24) is 9.99 Å². The minimum absolute atomic E-state index is 0.202. The van der Waals surface area contributed by atoms with Crippen LogP contribution in [0.5, 0.6) is 0 Å². The van der Waals surface area contributed by atoms with Crippen LogP contribution in [0.2, 0.25) is 0 Å². The molecule has 1 unspecified atom stereocenters. The van der Waals surface area contributed by atoms with Gasteiger partial charge in [0.1, 0.15) is 12.2 Å². The number of hydrogen-bond acceptors (Lipinski definition) is 6. The van der Waals surface area contributed by atoms with Crippen LogP contribution in [-0.2, 0) is 18.6 Å². The van der Waals surface area contributed by atoms with Crippen LogP contribution in [-0.4, -0.2) is 61.2 Å². The summed E-state index contributed by atoms with van der Waals surface area (Å²) in [6, 6.07) is 0.662. The number of carbonyl (C=O) groups excluding carboxylic acids is 1. The van der Waals surface area contributed by atoms with E-state index in [1.807, 2.05) is 20.8 Å². The Kier molecular flexibility index (Phi) is 16.4. The first-order valence-corrected chi connectivity index (χ1v) is 12.3. The van der Waals surface area contributed by atoms with Gasteiger partial charge in [0.2, 0.25) is 6.54 Å². The van der Waals surface area contributed by atoms with Crippen molar-refractivity contribution in [2.24, 2.45) is 0 Å². The van der Waals surface area contributed by atoms with Crippen LogP contribution in [0.25, 0.3) is 4.85 Å². The summed E-state index contributed by atoms with van der Waals surface area (Å²) in [6.07, 6.45) is 5.43. The zero-order valence-electron chi connectivity index (χ0n) is 20.2. The molecule has 176 valence electrons. The van der Waals surface area contributed by atoms with Gasteiger partial charge in [0.15, 0.2) is 0 Å². The van der Waals surface area contributed by atoms with Gasteiger partial charge in [0.05, 0.1) is 13.2 Å². The molecular formula is C22H44N3O4P. The van der Waals surface area contributed by atoms with Crippen molar-refractivity contribution >= 4 is 14.5 Å². The molecule has 0 aliphatic rings. The highest BCUT2D eigenvalue weighted by molar-refractivity contribution is 7.44. The molecule has 7 nitrogen and oxygen atoms in total. The Morgan fingerprint density at radius 3 is 2.13 bits per heavy atom. The molecule has 0 aromatic heterocycles. The van der Waals surface area contributed by atoms with E-state index >= 15 is 0 Å². The molecule has 0 saturated heterocycles. The van der Waals surface area contributed by atoms with E-state index in [-0.39, 0.29) is 12.5 Å². The monoisotopic (exact) mass is 445 g/mol. The molecule has 30 heavy (non-hydrogen) atoms. The lowest BCUT2D eigenvalue weighted by atomic mass is 10.1. The lowest BCUT2D eigenvalue weighted by Gasteiger charge is -2.35. The molecule has 0 aromatic carbocycles. The highest BCUT2D eigenvalue weighted by Crippen LogP contribution is 2.45. The maximum absolute atomic E-state index is 11.6. The molecule has 8 heteroatoms. The minimum Gasteiger partial charge on any atom is -0.459 e. The van der Waals surface area contributed by atoms with Crippen molar-refractivity contribution in [2.75, 3.05) is 32.8 Å². The van der Waals surface area contributed by atoms with Crippen LogP contribution in [0.3, 0.4) is 0 Å². The quantitative estimate of drug-likeness (QED) is 0.144. The van der Waals surface area contributed by atoms with Gasteiger partial charge >= 0.3 is 5.97 Å². The van der Waals surface area contributed by atoms with E-state index < -0.39 is 14.1 Å². The molecule has 0 aliphatic heterocycles. The molecule has 0 radical (unpaired) electrons. The molecule has 0 heterocycles. The van der Waals surface area contributed by atoms with E-state index in [1.54, 1.807) is 0 Å². The Balaban J connectivity index is 3.93. The van der Waals surface area contributed by atoms with E-state index in [0.717, 1.165) is 38.6 Å². The summed E-state index contributed by atoms with van der Waals surface area (Å²) in [6.45, 7) is 23.7. The number of nitrogens with zero attached hydrogens (tertiary/aromatic N) is 2. The van der Waals surface area contributed by atoms with Gasteiger partial charge in [-0.1, -0.05) is 19.3 Å². The van der Waals surface area contributed by atoms with E-state index in [2.05, 4.69) is 42.5 Å². The molecule has 1 N–H and O–H groups in total. The summed E-state index contributed by atoms with van der Waals surface area (Å²) in [5.41, 5.74) is -0.426. The fraction of sp³-hybridized carbons (Fsp3) is 0.909. The third kappa shape index (κ3) is 16.0. The van der Waals surface area contributed by atoms with Crippen LogP contribution < -0.4 is 5.32 Å². The van der Waals surface area contributed by atoms with Crippen LogP contribution in [0.1, 0.15) is 80.6 Å². The van der Waals surface area contributed by atoms with Gasteiger partial charge in [-0.05, 0) is 67.9 Å². The first-order chi connectivity index (χ1) is 14.1. The van der Waals surface area contributed by atoms with Crippen LogP contribution in [0.15, 0.2) is 0 Å². The van der Waals surface area contributed by atoms with Crippen molar-refractivity contribution in [3.63, 3.8) is 0 Å². The molecule has 0 amide bonds. The predicted molar refractivity (Wildman–Crippen MR) is 124 cm³/mol. The molecule has 0 spiro atoms. The van der Waals surface area contributed by atoms with Crippen LogP contribution in [0.4, 0.5) is 0 Å². The molecular weight excluding hydrogens is 401 g/mol. The fourth-order valence-electron chi connectivity index (χ4n) is 2.90. The molecule has 0 aliphatic carbocycles. The maximum atomic E-state index is 11.6. The van der Waals surface area contributed by atoms with Crippen LogP contribution >= 0.6 is 8.53 Å². The number of esters is 1. The van der Waals surface area contributed by atoms with E-state index in [9.17, 15) is 4.79 Å². The molecule has 0 saturated carbocycles. The molecule has 0 aromatic rings. The first kappa shape index (κ1) is 29.2. The Morgan fingerprint density at radius 2 is 1.57 bits per heavy atom. The van der Waals surface area contributed by atoms with Gasteiger partial charge in [-0.25, -0.2) is 11.2 Å². The number of rotatable bonds is 17. The van der Waals surface area contributed by atoms with Crippen molar-refractivity contribution in [2.45, 2.75) is 98.3 Å². The van der Waals surface area contributed by atoms with E-state index in [1.165, 1.54) is 0 Å². The zero-order valence-corrected chi connectivity index (χ0v) is 21.1. The maximum Gasteiger partial charge on any atom is 0.320 e. The number of unbranched alkanes of at least 4 members (excludes halogenated alkanes) is 4. The topological polar surface area (TPSA) is 64.4 Å². The fourth-order valence-corrected chi connectivity index (χ4v) is 4.52. The van der Waals surface area contributed by atoms with E-state index in [0.29, 0.717) is 31.8 Å². The summed E-state index contributed by atoms with van der Waals surface area (Å²) < 4.78 is 19.5. The number of ether oxygens (including phenoxy) is 1. The average Bonchev–Trinajstić information content (AvgIpc) is 2.61. The molecule has 1 atom stereocenters. The van der Waals surface area contributed by atoms with Gasteiger partial charge in [-0.3, -0.25) is 4.79 Å². The third-order valence-electron chi connectivity index (χ3n) is 4.04. The van der Waals surface area contributed by atoms with Crippen molar-refractivity contribution in [1.29, 1.82) is 0 Å². The Bertz CT molecular complexity index is 482. The molecule has 0 bridgehead atoms. The predicted octanol–water partition coefficient (Wildman–Crippen LogP) is 5.17. The number of hydrogen-bond donors (Lipinski definition) is 1. The molecule has 0 fully saturated rings.